The van der Waals surface area contributed by atoms with Crippen molar-refractivity contribution in [2.45, 2.75) is 58.2 Å². The maximum absolute atomic E-state index is 12.5. The summed E-state index contributed by atoms with van der Waals surface area (Å²) in [6.45, 7) is 6.77. The van der Waals surface area contributed by atoms with Crippen LogP contribution in [0.15, 0.2) is 30.6 Å². The van der Waals surface area contributed by atoms with Crippen molar-refractivity contribution in [1.29, 1.82) is 0 Å². The fraction of sp³-hybridized carbons (Fsp3) is 0.500. The Labute approximate surface area is 154 Å². The van der Waals surface area contributed by atoms with Gasteiger partial charge >= 0.3 is 0 Å². The van der Waals surface area contributed by atoms with Gasteiger partial charge in [-0.25, -0.2) is 4.98 Å². The van der Waals surface area contributed by atoms with Crippen molar-refractivity contribution in [1.82, 2.24) is 14.9 Å². The van der Waals surface area contributed by atoms with E-state index in [1.165, 1.54) is 0 Å². The summed E-state index contributed by atoms with van der Waals surface area (Å²) < 4.78 is 13.4. The third-order valence-electron chi connectivity index (χ3n) is 4.71. The summed E-state index contributed by atoms with van der Waals surface area (Å²) >= 11 is 0. The van der Waals surface area contributed by atoms with E-state index in [2.05, 4.69) is 17.2 Å². The molecule has 0 fully saturated rings. The van der Waals surface area contributed by atoms with Crippen molar-refractivity contribution in [3.05, 3.63) is 42.0 Å². The summed E-state index contributed by atoms with van der Waals surface area (Å²) in [5.74, 6) is 2.56. The lowest BCUT2D eigenvalue weighted by Gasteiger charge is -2.38. The van der Waals surface area contributed by atoms with Crippen LogP contribution in [-0.2, 0) is 17.8 Å². The molecule has 0 spiro atoms. The first-order valence-corrected chi connectivity index (χ1v) is 9.08. The minimum Gasteiger partial charge on any atom is -0.497 e. The lowest BCUT2D eigenvalue weighted by molar-refractivity contribution is -0.122. The number of rotatable bonds is 6. The molecule has 1 aliphatic rings. The second-order valence-electron chi connectivity index (χ2n) is 7.23. The van der Waals surface area contributed by atoms with Crippen molar-refractivity contribution in [3.8, 4) is 11.5 Å². The summed E-state index contributed by atoms with van der Waals surface area (Å²) in [6.07, 6.45) is 5.71. The van der Waals surface area contributed by atoms with Crippen LogP contribution >= 0.6 is 0 Å². The maximum Gasteiger partial charge on any atom is 0.222 e. The van der Waals surface area contributed by atoms with Crippen molar-refractivity contribution >= 4 is 5.91 Å². The number of fused-ring (bicyclic) bond motifs is 1. The number of benzene rings is 1. The summed E-state index contributed by atoms with van der Waals surface area (Å²) in [6, 6.07) is 5.69. The summed E-state index contributed by atoms with van der Waals surface area (Å²) in [7, 11) is 1.63. The number of carbonyl (C=O) groups is 1. The Morgan fingerprint density at radius 1 is 1.46 bits per heavy atom. The standard InChI is InChI=1S/C20H27N3O3/c1-5-18-21-9-11-23(18)10-8-19(24)22-16-13-20(2,3)26-17-12-14(25-4)6-7-15(16)17/h6-7,9,11-12,16H,5,8,10,13H2,1-4H3,(H,22,24). The zero-order valence-electron chi connectivity index (χ0n) is 15.9. The van der Waals surface area contributed by atoms with Gasteiger partial charge in [0.15, 0.2) is 0 Å². The lowest BCUT2D eigenvalue weighted by atomic mass is 9.89. The fourth-order valence-electron chi connectivity index (χ4n) is 3.43. The average molecular weight is 357 g/mol. The Morgan fingerprint density at radius 2 is 2.27 bits per heavy atom. The molecular formula is C20H27N3O3. The van der Waals surface area contributed by atoms with Gasteiger partial charge in [-0.05, 0) is 26.0 Å². The van der Waals surface area contributed by atoms with Crippen LogP contribution in [0.25, 0.3) is 0 Å². The van der Waals surface area contributed by atoms with Crippen LogP contribution in [0, 0.1) is 0 Å². The third-order valence-corrected chi connectivity index (χ3v) is 4.71. The molecule has 0 saturated heterocycles. The Hall–Kier alpha value is -2.50. The summed E-state index contributed by atoms with van der Waals surface area (Å²) in [5, 5.41) is 3.17. The van der Waals surface area contributed by atoms with Gasteiger partial charge in [0.05, 0.1) is 13.2 Å². The van der Waals surface area contributed by atoms with Crippen molar-refractivity contribution in [2.24, 2.45) is 0 Å². The second-order valence-corrected chi connectivity index (χ2v) is 7.23. The zero-order valence-corrected chi connectivity index (χ0v) is 15.9. The van der Waals surface area contributed by atoms with Gasteiger partial charge in [-0.15, -0.1) is 0 Å². The molecule has 0 bridgehead atoms. The number of imidazole rings is 1. The van der Waals surface area contributed by atoms with Crippen LogP contribution < -0.4 is 14.8 Å². The van der Waals surface area contributed by atoms with E-state index in [-0.39, 0.29) is 17.6 Å². The maximum atomic E-state index is 12.5. The highest BCUT2D eigenvalue weighted by Crippen LogP contribution is 2.41. The molecule has 1 N–H and O–H groups in total. The molecule has 1 unspecified atom stereocenters. The van der Waals surface area contributed by atoms with Crippen molar-refractivity contribution < 1.29 is 14.3 Å². The molecule has 6 heteroatoms. The average Bonchev–Trinajstić information content (AvgIpc) is 3.06. The number of aryl methyl sites for hydroxylation is 2. The van der Waals surface area contributed by atoms with Crippen molar-refractivity contribution in [3.63, 3.8) is 0 Å². The van der Waals surface area contributed by atoms with Crippen LogP contribution in [0.4, 0.5) is 0 Å². The molecule has 3 rings (SSSR count). The number of carbonyl (C=O) groups excluding carboxylic acids is 1. The molecule has 2 heterocycles. The highest BCUT2D eigenvalue weighted by molar-refractivity contribution is 5.76. The highest BCUT2D eigenvalue weighted by atomic mass is 16.5. The molecule has 1 atom stereocenters. The number of nitrogens with one attached hydrogen (secondary N) is 1. The minimum absolute atomic E-state index is 0.0326. The van der Waals surface area contributed by atoms with E-state index < -0.39 is 0 Å². The molecule has 0 saturated carbocycles. The van der Waals surface area contributed by atoms with Gasteiger partial charge < -0.3 is 19.4 Å². The molecule has 0 radical (unpaired) electrons. The van der Waals surface area contributed by atoms with Gasteiger partial charge in [0.2, 0.25) is 5.91 Å². The number of methoxy groups -OCH3 is 1. The molecule has 26 heavy (non-hydrogen) atoms. The van der Waals surface area contributed by atoms with Crippen LogP contribution in [0.1, 0.15) is 51.0 Å². The molecule has 2 aromatic rings. The van der Waals surface area contributed by atoms with E-state index in [0.29, 0.717) is 13.0 Å². The number of aromatic nitrogens is 2. The van der Waals surface area contributed by atoms with Crippen LogP contribution in [0.3, 0.4) is 0 Å². The van der Waals surface area contributed by atoms with Crippen LogP contribution in [0.5, 0.6) is 11.5 Å². The highest BCUT2D eigenvalue weighted by Gasteiger charge is 2.34. The first-order chi connectivity index (χ1) is 12.4. The van der Waals surface area contributed by atoms with E-state index >= 15 is 0 Å². The number of nitrogens with zero attached hydrogens (tertiary/aromatic N) is 2. The Kier molecular flexibility index (Phi) is 5.20. The summed E-state index contributed by atoms with van der Waals surface area (Å²) in [4.78, 5) is 16.8. The minimum atomic E-state index is -0.350. The van der Waals surface area contributed by atoms with E-state index in [1.54, 1.807) is 13.3 Å². The SMILES string of the molecule is CCc1nccn1CCC(=O)NC1CC(C)(C)Oc2cc(OC)ccc21. The van der Waals surface area contributed by atoms with Gasteiger partial charge in [-0.3, -0.25) is 4.79 Å². The molecule has 0 aliphatic carbocycles. The predicted molar refractivity (Wildman–Crippen MR) is 99.4 cm³/mol. The molecule has 1 aliphatic heterocycles. The smallest absolute Gasteiger partial charge is 0.222 e. The first-order valence-electron chi connectivity index (χ1n) is 9.08. The van der Waals surface area contributed by atoms with Gasteiger partial charge in [-0.1, -0.05) is 6.92 Å². The van der Waals surface area contributed by atoms with Crippen LogP contribution in [-0.4, -0.2) is 28.2 Å². The molecule has 140 valence electrons. The Morgan fingerprint density at radius 3 is 3.00 bits per heavy atom. The monoisotopic (exact) mass is 357 g/mol. The Balaban J connectivity index is 1.70. The van der Waals surface area contributed by atoms with E-state index in [0.717, 1.165) is 35.7 Å². The number of hydrogen-bond acceptors (Lipinski definition) is 4. The lowest BCUT2D eigenvalue weighted by Crippen LogP contribution is -2.41. The zero-order chi connectivity index (χ0) is 18.7. The largest absolute Gasteiger partial charge is 0.497 e. The fourth-order valence-corrected chi connectivity index (χ4v) is 3.43. The van der Waals surface area contributed by atoms with Crippen LogP contribution in [0.2, 0.25) is 0 Å². The van der Waals surface area contributed by atoms with Gasteiger partial charge in [0.1, 0.15) is 22.9 Å². The van der Waals surface area contributed by atoms with Gasteiger partial charge in [0.25, 0.3) is 0 Å². The Bertz CT molecular complexity index is 782. The normalized spacial score (nSPS) is 17.9. The second kappa shape index (κ2) is 7.40. The number of amides is 1. The molecule has 1 aromatic carbocycles. The van der Waals surface area contributed by atoms with Crippen molar-refractivity contribution in [2.75, 3.05) is 7.11 Å². The molecule has 1 amide bonds. The van der Waals surface area contributed by atoms with E-state index in [1.807, 2.05) is 42.8 Å². The molecule has 1 aromatic heterocycles. The quantitative estimate of drug-likeness (QED) is 0.862. The van der Waals surface area contributed by atoms with E-state index in [9.17, 15) is 4.79 Å². The number of ether oxygens (including phenoxy) is 2. The molecular weight excluding hydrogens is 330 g/mol. The molecule has 6 nitrogen and oxygen atoms in total. The van der Waals surface area contributed by atoms with E-state index in [4.69, 9.17) is 9.47 Å². The topological polar surface area (TPSA) is 65.4 Å². The number of hydrogen-bond donors (Lipinski definition) is 1. The van der Waals surface area contributed by atoms with Gasteiger partial charge in [-0.2, -0.15) is 0 Å². The van der Waals surface area contributed by atoms with Gasteiger partial charge in [0, 0.05) is 49.8 Å². The predicted octanol–water partition coefficient (Wildman–Crippen LogP) is 3.26. The third kappa shape index (κ3) is 4.00. The first kappa shape index (κ1) is 18.3. The summed E-state index contributed by atoms with van der Waals surface area (Å²) in [5.41, 5.74) is 0.646.